The van der Waals surface area contributed by atoms with Gasteiger partial charge in [-0.1, -0.05) is 30.3 Å². The molecule has 0 fully saturated rings. The van der Waals surface area contributed by atoms with E-state index in [9.17, 15) is 4.79 Å². The number of ether oxygens (including phenoxy) is 1. The molecule has 0 spiro atoms. The van der Waals surface area contributed by atoms with Crippen molar-refractivity contribution in [2.75, 3.05) is 13.6 Å². The third-order valence-electron chi connectivity index (χ3n) is 2.64. The summed E-state index contributed by atoms with van der Waals surface area (Å²) in [6.45, 7) is 7.49. The Morgan fingerprint density at radius 3 is 2.42 bits per heavy atom. The molecule has 0 aromatic heterocycles. The molecule has 1 aromatic rings. The van der Waals surface area contributed by atoms with Crippen LogP contribution in [-0.2, 0) is 16.1 Å². The first kappa shape index (κ1) is 15.7. The molecule has 0 aliphatic carbocycles. The Morgan fingerprint density at radius 1 is 1.21 bits per heavy atom. The molecule has 19 heavy (non-hydrogen) atoms. The molecule has 106 valence electrons. The van der Waals surface area contributed by atoms with Crippen LogP contribution in [0, 0.1) is 0 Å². The second-order valence-electron chi connectivity index (χ2n) is 5.91. The van der Waals surface area contributed by atoms with E-state index in [1.165, 1.54) is 5.56 Å². The van der Waals surface area contributed by atoms with Crippen LogP contribution in [0.3, 0.4) is 0 Å². The van der Waals surface area contributed by atoms with E-state index in [0.29, 0.717) is 6.42 Å². The molecule has 0 aliphatic heterocycles. The van der Waals surface area contributed by atoms with E-state index in [4.69, 9.17) is 4.74 Å². The van der Waals surface area contributed by atoms with Gasteiger partial charge in [0.15, 0.2) is 0 Å². The minimum absolute atomic E-state index is 0.111. The maximum atomic E-state index is 11.6. The highest BCUT2D eigenvalue weighted by Gasteiger charge is 2.15. The van der Waals surface area contributed by atoms with Gasteiger partial charge in [0.1, 0.15) is 5.60 Å². The van der Waals surface area contributed by atoms with Crippen molar-refractivity contribution in [1.82, 2.24) is 4.90 Å². The van der Waals surface area contributed by atoms with Crippen LogP contribution < -0.4 is 0 Å². The summed E-state index contributed by atoms with van der Waals surface area (Å²) < 4.78 is 5.28. The van der Waals surface area contributed by atoms with Crippen LogP contribution in [0.2, 0.25) is 0 Å². The van der Waals surface area contributed by atoms with Crippen LogP contribution >= 0.6 is 0 Å². The zero-order valence-electron chi connectivity index (χ0n) is 12.5. The Kier molecular flexibility index (Phi) is 6.03. The van der Waals surface area contributed by atoms with E-state index < -0.39 is 0 Å². The van der Waals surface area contributed by atoms with Crippen molar-refractivity contribution < 1.29 is 9.53 Å². The third-order valence-corrected chi connectivity index (χ3v) is 2.64. The molecule has 0 bridgehead atoms. The maximum Gasteiger partial charge on any atom is 0.306 e. The largest absolute Gasteiger partial charge is 0.460 e. The van der Waals surface area contributed by atoms with Gasteiger partial charge in [-0.25, -0.2) is 0 Å². The second kappa shape index (κ2) is 7.29. The van der Waals surface area contributed by atoms with Crippen molar-refractivity contribution in [3.05, 3.63) is 35.9 Å². The second-order valence-corrected chi connectivity index (χ2v) is 5.91. The first-order valence-corrected chi connectivity index (χ1v) is 6.81. The average molecular weight is 263 g/mol. The molecule has 0 saturated heterocycles. The molecular formula is C16H25NO2. The molecule has 0 amide bonds. The van der Waals surface area contributed by atoms with Gasteiger partial charge in [-0.2, -0.15) is 0 Å². The third kappa shape index (κ3) is 7.62. The molecule has 0 N–H and O–H groups in total. The zero-order chi connectivity index (χ0) is 14.3. The lowest BCUT2D eigenvalue weighted by Gasteiger charge is -2.20. The van der Waals surface area contributed by atoms with E-state index in [1.54, 1.807) is 0 Å². The summed E-state index contributed by atoms with van der Waals surface area (Å²) in [6.07, 6.45) is 1.31. The molecule has 0 aliphatic rings. The monoisotopic (exact) mass is 263 g/mol. The van der Waals surface area contributed by atoms with Gasteiger partial charge >= 0.3 is 5.97 Å². The van der Waals surface area contributed by atoms with E-state index in [2.05, 4.69) is 24.1 Å². The van der Waals surface area contributed by atoms with Gasteiger partial charge in [-0.15, -0.1) is 0 Å². The fraction of sp³-hybridized carbons (Fsp3) is 0.562. The van der Waals surface area contributed by atoms with Crippen molar-refractivity contribution >= 4 is 5.97 Å². The Bertz CT molecular complexity index is 381. The SMILES string of the molecule is CN(CCCC(=O)OC(C)(C)C)Cc1ccccc1. The highest BCUT2D eigenvalue weighted by atomic mass is 16.6. The first-order chi connectivity index (χ1) is 8.87. The molecule has 0 heterocycles. The van der Waals surface area contributed by atoms with Crippen LogP contribution in [0.1, 0.15) is 39.2 Å². The lowest BCUT2D eigenvalue weighted by molar-refractivity contribution is -0.154. The number of carbonyl (C=O) groups is 1. The van der Waals surface area contributed by atoms with Crippen molar-refractivity contribution in [2.24, 2.45) is 0 Å². The number of esters is 1. The normalized spacial score (nSPS) is 11.6. The summed E-state index contributed by atoms with van der Waals surface area (Å²) in [7, 11) is 2.07. The fourth-order valence-electron chi connectivity index (χ4n) is 1.86. The quantitative estimate of drug-likeness (QED) is 0.738. The predicted octanol–water partition coefficient (Wildman–Crippen LogP) is 3.24. The van der Waals surface area contributed by atoms with Crippen molar-refractivity contribution in [1.29, 1.82) is 0 Å². The van der Waals surface area contributed by atoms with Gasteiger partial charge in [-0.3, -0.25) is 4.79 Å². The van der Waals surface area contributed by atoms with Crippen LogP contribution in [0.15, 0.2) is 30.3 Å². The van der Waals surface area contributed by atoms with E-state index >= 15 is 0 Å². The van der Waals surface area contributed by atoms with Crippen LogP contribution in [-0.4, -0.2) is 30.1 Å². The molecular weight excluding hydrogens is 238 g/mol. The number of hydrogen-bond acceptors (Lipinski definition) is 3. The Labute approximate surface area is 116 Å². The van der Waals surface area contributed by atoms with Crippen molar-refractivity contribution in [3.63, 3.8) is 0 Å². The maximum absolute atomic E-state index is 11.6. The number of carbonyl (C=O) groups excluding carboxylic acids is 1. The Balaban J connectivity index is 2.21. The average Bonchev–Trinajstić information content (AvgIpc) is 2.27. The van der Waals surface area contributed by atoms with Gasteiger partial charge in [0.05, 0.1) is 0 Å². The minimum Gasteiger partial charge on any atom is -0.460 e. The number of rotatable bonds is 6. The molecule has 3 heteroatoms. The van der Waals surface area contributed by atoms with Gasteiger partial charge in [0, 0.05) is 13.0 Å². The zero-order valence-corrected chi connectivity index (χ0v) is 12.5. The summed E-state index contributed by atoms with van der Waals surface area (Å²) in [4.78, 5) is 13.8. The summed E-state index contributed by atoms with van der Waals surface area (Å²) in [5, 5.41) is 0. The number of hydrogen-bond donors (Lipinski definition) is 0. The van der Waals surface area contributed by atoms with E-state index in [0.717, 1.165) is 19.5 Å². The molecule has 0 atom stereocenters. The standard InChI is InChI=1S/C16H25NO2/c1-16(2,3)19-15(18)11-8-12-17(4)13-14-9-6-5-7-10-14/h5-7,9-10H,8,11-13H2,1-4H3. The smallest absolute Gasteiger partial charge is 0.306 e. The molecule has 0 saturated carbocycles. The molecule has 0 unspecified atom stereocenters. The molecule has 1 aromatic carbocycles. The topological polar surface area (TPSA) is 29.5 Å². The van der Waals surface area contributed by atoms with E-state index in [1.807, 2.05) is 39.0 Å². The number of benzene rings is 1. The number of nitrogens with zero attached hydrogens (tertiary/aromatic N) is 1. The first-order valence-electron chi connectivity index (χ1n) is 6.81. The Hall–Kier alpha value is -1.35. The van der Waals surface area contributed by atoms with Crippen LogP contribution in [0.4, 0.5) is 0 Å². The summed E-state index contributed by atoms with van der Waals surface area (Å²) in [5.74, 6) is -0.111. The summed E-state index contributed by atoms with van der Waals surface area (Å²) >= 11 is 0. The lowest BCUT2D eigenvalue weighted by atomic mass is 10.2. The van der Waals surface area contributed by atoms with Crippen molar-refractivity contribution in [2.45, 2.75) is 45.8 Å². The predicted molar refractivity (Wildman–Crippen MR) is 77.9 cm³/mol. The van der Waals surface area contributed by atoms with Gasteiger partial charge < -0.3 is 9.64 Å². The van der Waals surface area contributed by atoms with Gasteiger partial charge in [0.2, 0.25) is 0 Å². The Morgan fingerprint density at radius 2 is 1.84 bits per heavy atom. The van der Waals surface area contributed by atoms with Gasteiger partial charge in [-0.05, 0) is 46.3 Å². The summed E-state index contributed by atoms with van der Waals surface area (Å²) in [5.41, 5.74) is 0.912. The van der Waals surface area contributed by atoms with Gasteiger partial charge in [0.25, 0.3) is 0 Å². The molecule has 1 rings (SSSR count). The van der Waals surface area contributed by atoms with Crippen molar-refractivity contribution in [3.8, 4) is 0 Å². The fourth-order valence-corrected chi connectivity index (χ4v) is 1.86. The minimum atomic E-state index is -0.382. The van der Waals surface area contributed by atoms with Crippen LogP contribution in [0.25, 0.3) is 0 Å². The summed E-state index contributed by atoms with van der Waals surface area (Å²) in [6, 6.07) is 10.3. The highest BCUT2D eigenvalue weighted by Crippen LogP contribution is 2.10. The lowest BCUT2D eigenvalue weighted by Crippen LogP contribution is -2.25. The van der Waals surface area contributed by atoms with E-state index in [-0.39, 0.29) is 11.6 Å². The molecule has 0 radical (unpaired) electrons. The molecule has 3 nitrogen and oxygen atoms in total. The highest BCUT2D eigenvalue weighted by molar-refractivity contribution is 5.69. The van der Waals surface area contributed by atoms with Crippen LogP contribution in [0.5, 0.6) is 0 Å².